The van der Waals surface area contributed by atoms with Crippen LogP contribution in [0, 0.1) is 0 Å². The molecular weight excluding hydrogens is 285 g/mol. The number of amides is 1. The maximum absolute atomic E-state index is 12.3. The molecule has 0 unspecified atom stereocenters. The Labute approximate surface area is 110 Å². The van der Waals surface area contributed by atoms with Crippen molar-refractivity contribution in [2.75, 3.05) is 5.32 Å². The Hall–Kier alpha value is -1.64. The number of carboxylic acid groups (broad SMARTS) is 1. The predicted octanol–water partition coefficient (Wildman–Crippen LogP) is 2.75. The third-order valence-electron chi connectivity index (χ3n) is 2.08. The number of carbonyl (C=O) groups is 2. The van der Waals surface area contributed by atoms with Crippen LogP contribution in [-0.4, -0.2) is 22.0 Å². The van der Waals surface area contributed by atoms with E-state index in [1.165, 1.54) is 0 Å². The number of aromatic nitrogens is 1. The first-order chi connectivity index (χ1) is 8.79. The lowest BCUT2D eigenvalue weighted by molar-refractivity contribution is -0.137. The average molecular weight is 296 g/mol. The topological polar surface area (TPSA) is 79.3 Å². The molecule has 0 saturated carbocycles. The van der Waals surface area contributed by atoms with E-state index in [1.807, 2.05) is 0 Å². The molecule has 0 aliphatic rings. The molecule has 1 amide bonds. The summed E-state index contributed by atoms with van der Waals surface area (Å²) < 4.78 is 36.8. The Bertz CT molecular complexity index is 459. The molecule has 0 bridgehead atoms. The van der Waals surface area contributed by atoms with E-state index in [-0.39, 0.29) is 18.0 Å². The predicted molar refractivity (Wildman–Crippen MR) is 61.8 cm³/mol. The summed E-state index contributed by atoms with van der Waals surface area (Å²) in [6, 6.07) is 0. The number of halogens is 3. The molecule has 1 rings (SSSR count). The van der Waals surface area contributed by atoms with Crippen LogP contribution in [0.25, 0.3) is 0 Å². The fourth-order valence-electron chi connectivity index (χ4n) is 1.21. The van der Waals surface area contributed by atoms with Crippen molar-refractivity contribution >= 4 is 28.3 Å². The molecule has 5 nitrogen and oxygen atoms in total. The molecule has 0 spiro atoms. The van der Waals surface area contributed by atoms with Crippen molar-refractivity contribution in [1.29, 1.82) is 0 Å². The van der Waals surface area contributed by atoms with Gasteiger partial charge in [0, 0.05) is 12.8 Å². The summed E-state index contributed by atoms with van der Waals surface area (Å²) in [4.78, 5) is 24.1. The Morgan fingerprint density at radius 3 is 2.47 bits per heavy atom. The zero-order chi connectivity index (χ0) is 14.5. The van der Waals surface area contributed by atoms with Crippen LogP contribution in [0.3, 0.4) is 0 Å². The van der Waals surface area contributed by atoms with Gasteiger partial charge < -0.3 is 10.4 Å². The second-order valence-electron chi connectivity index (χ2n) is 3.68. The van der Waals surface area contributed by atoms with Gasteiger partial charge in [0.2, 0.25) is 5.91 Å². The maximum atomic E-state index is 12.3. The summed E-state index contributed by atoms with van der Waals surface area (Å²) >= 11 is 0.350. The van der Waals surface area contributed by atoms with Crippen molar-refractivity contribution in [3.63, 3.8) is 0 Å². The van der Waals surface area contributed by atoms with Crippen LogP contribution in [0.15, 0.2) is 6.20 Å². The zero-order valence-electron chi connectivity index (χ0n) is 9.66. The highest BCUT2D eigenvalue weighted by molar-refractivity contribution is 7.15. The van der Waals surface area contributed by atoms with Gasteiger partial charge in [-0.3, -0.25) is 9.59 Å². The van der Waals surface area contributed by atoms with E-state index in [2.05, 4.69) is 10.3 Å². The monoisotopic (exact) mass is 296 g/mol. The van der Waals surface area contributed by atoms with E-state index in [0.29, 0.717) is 30.4 Å². The van der Waals surface area contributed by atoms with E-state index in [0.717, 1.165) is 0 Å². The summed E-state index contributed by atoms with van der Waals surface area (Å²) in [5.74, 6) is -1.43. The van der Waals surface area contributed by atoms with E-state index >= 15 is 0 Å². The quantitative estimate of drug-likeness (QED) is 0.791. The number of unbranched alkanes of at least 4 members (excludes halogenated alkanes) is 1. The first kappa shape index (κ1) is 15.4. The lowest BCUT2D eigenvalue weighted by Gasteiger charge is -2.01. The Morgan fingerprint density at radius 1 is 1.32 bits per heavy atom. The molecule has 19 heavy (non-hydrogen) atoms. The molecule has 0 radical (unpaired) electrons. The fourth-order valence-corrected chi connectivity index (χ4v) is 1.91. The number of nitrogens with zero attached hydrogens (tertiary/aromatic N) is 1. The van der Waals surface area contributed by atoms with Gasteiger partial charge in [0.15, 0.2) is 5.13 Å². The zero-order valence-corrected chi connectivity index (χ0v) is 10.5. The second kappa shape index (κ2) is 6.50. The SMILES string of the molecule is O=C(O)CCCCC(=O)Nc1ncc(C(F)(F)F)s1. The number of aliphatic carboxylic acids is 1. The molecule has 0 saturated heterocycles. The highest BCUT2D eigenvalue weighted by Crippen LogP contribution is 2.34. The average Bonchev–Trinajstić information content (AvgIpc) is 2.72. The number of rotatable bonds is 6. The van der Waals surface area contributed by atoms with Gasteiger partial charge in [-0.25, -0.2) is 4.98 Å². The molecule has 0 aromatic carbocycles. The van der Waals surface area contributed by atoms with Gasteiger partial charge in [-0.1, -0.05) is 11.3 Å². The van der Waals surface area contributed by atoms with Crippen LogP contribution >= 0.6 is 11.3 Å². The van der Waals surface area contributed by atoms with Crippen molar-refractivity contribution < 1.29 is 27.9 Å². The smallest absolute Gasteiger partial charge is 0.427 e. The van der Waals surface area contributed by atoms with E-state index in [4.69, 9.17) is 5.11 Å². The molecule has 106 valence electrons. The molecule has 1 heterocycles. The number of alkyl halides is 3. The van der Waals surface area contributed by atoms with Crippen molar-refractivity contribution in [3.05, 3.63) is 11.1 Å². The van der Waals surface area contributed by atoms with Crippen LogP contribution in [-0.2, 0) is 15.8 Å². The minimum absolute atomic E-state index is 0.0389. The molecular formula is C10H11F3N2O3S. The number of carboxylic acids is 1. The fraction of sp³-hybridized carbons (Fsp3) is 0.500. The first-order valence-corrected chi connectivity index (χ1v) is 6.15. The van der Waals surface area contributed by atoms with E-state index < -0.39 is 22.9 Å². The third kappa shape index (κ3) is 5.69. The van der Waals surface area contributed by atoms with Crippen molar-refractivity contribution in [1.82, 2.24) is 4.98 Å². The molecule has 1 aromatic rings. The van der Waals surface area contributed by atoms with Crippen LogP contribution in [0.4, 0.5) is 18.3 Å². The van der Waals surface area contributed by atoms with E-state index in [9.17, 15) is 22.8 Å². The number of carbonyl (C=O) groups excluding carboxylic acids is 1. The summed E-state index contributed by atoms with van der Waals surface area (Å²) in [6.45, 7) is 0. The number of hydrogen-bond acceptors (Lipinski definition) is 4. The van der Waals surface area contributed by atoms with Gasteiger partial charge in [-0.2, -0.15) is 13.2 Å². The highest BCUT2D eigenvalue weighted by Gasteiger charge is 2.33. The maximum Gasteiger partial charge on any atom is 0.427 e. The summed E-state index contributed by atoms with van der Waals surface area (Å²) in [6.07, 6.45) is -3.10. The summed E-state index contributed by atoms with van der Waals surface area (Å²) in [5.41, 5.74) is 0. The van der Waals surface area contributed by atoms with Gasteiger partial charge >= 0.3 is 12.1 Å². The lowest BCUT2D eigenvalue weighted by Crippen LogP contribution is -2.11. The summed E-state index contributed by atoms with van der Waals surface area (Å²) in [5, 5.41) is 10.5. The number of thiazole rings is 1. The molecule has 1 aromatic heterocycles. The standard InChI is InChI=1S/C10H11F3N2O3S/c11-10(12,13)6-5-14-9(19-6)15-7(16)3-1-2-4-8(17)18/h5H,1-4H2,(H,17,18)(H,14,15,16). The molecule has 2 N–H and O–H groups in total. The van der Waals surface area contributed by atoms with Crippen LogP contribution in [0.5, 0.6) is 0 Å². The Balaban J connectivity index is 2.36. The normalized spacial score (nSPS) is 11.3. The van der Waals surface area contributed by atoms with Crippen molar-refractivity contribution in [2.24, 2.45) is 0 Å². The van der Waals surface area contributed by atoms with Gasteiger partial charge in [0.1, 0.15) is 4.88 Å². The van der Waals surface area contributed by atoms with Crippen LogP contribution in [0.1, 0.15) is 30.6 Å². The second-order valence-corrected chi connectivity index (χ2v) is 4.71. The Morgan fingerprint density at radius 2 is 1.95 bits per heavy atom. The molecule has 9 heteroatoms. The minimum atomic E-state index is -4.47. The highest BCUT2D eigenvalue weighted by atomic mass is 32.1. The lowest BCUT2D eigenvalue weighted by atomic mass is 10.2. The van der Waals surface area contributed by atoms with Crippen molar-refractivity contribution in [3.8, 4) is 0 Å². The molecule has 0 aliphatic heterocycles. The number of nitrogens with one attached hydrogen (secondary N) is 1. The molecule has 0 fully saturated rings. The third-order valence-corrected chi connectivity index (χ3v) is 3.03. The van der Waals surface area contributed by atoms with Gasteiger partial charge in [0.05, 0.1) is 6.20 Å². The molecule has 0 atom stereocenters. The first-order valence-electron chi connectivity index (χ1n) is 5.33. The minimum Gasteiger partial charge on any atom is -0.481 e. The number of anilines is 1. The largest absolute Gasteiger partial charge is 0.481 e. The molecule has 0 aliphatic carbocycles. The van der Waals surface area contributed by atoms with Gasteiger partial charge in [0.25, 0.3) is 0 Å². The van der Waals surface area contributed by atoms with Crippen LogP contribution in [0.2, 0.25) is 0 Å². The van der Waals surface area contributed by atoms with Crippen LogP contribution < -0.4 is 5.32 Å². The van der Waals surface area contributed by atoms with Gasteiger partial charge in [-0.05, 0) is 12.8 Å². The van der Waals surface area contributed by atoms with E-state index in [1.54, 1.807) is 0 Å². The van der Waals surface area contributed by atoms with Crippen molar-refractivity contribution in [2.45, 2.75) is 31.9 Å². The number of hydrogen-bond donors (Lipinski definition) is 2. The van der Waals surface area contributed by atoms with Gasteiger partial charge in [-0.15, -0.1) is 0 Å². The summed E-state index contributed by atoms with van der Waals surface area (Å²) in [7, 11) is 0. The Kier molecular flexibility index (Phi) is 5.28.